The molecule has 2 rings (SSSR count). The lowest BCUT2D eigenvalue weighted by Gasteiger charge is -2.20. The summed E-state index contributed by atoms with van der Waals surface area (Å²) in [7, 11) is 0. The van der Waals surface area contributed by atoms with Crippen LogP contribution in [-0.4, -0.2) is 18.4 Å². The lowest BCUT2D eigenvalue weighted by molar-refractivity contribution is -0.134. The van der Waals surface area contributed by atoms with E-state index < -0.39 is 0 Å². The van der Waals surface area contributed by atoms with Gasteiger partial charge in [-0.25, -0.2) is 0 Å². The van der Waals surface area contributed by atoms with E-state index in [-0.39, 0.29) is 23.7 Å². The average molecular weight is 359 g/mol. The largest absolute Gasteiger partial charge is 0.426 e. The van der Waals surface area contributed by atoms with Crippen LogP contribution in [0.25, 0.3) is 0 Å². The molecule has 2 aromatic rings. The summed E-state index contributed by atoms with van der Waals surface area (Å²) in [5.41, 5.74) is 2.22. The average Bonchev–Trinajstić information content (AvgIpc) is 3.07. The van der Waals surface area contributed by atoms with Crippen molar-refractivity contribution in [1.82, 2.24) is 5.32 Å². The van der Waals surface area contributed by atoms with E-state index in [1.807, 2.05) is 30.5 Å². The van der Waals surface area contributed by atoms with Crippen LogP contribution in [0.15, 0.2) is 35.7 Å². The van der Waals surface area contributed by atoms with Gasteiger partial charge in [-0.3, -0.25) is 9.59 Å². The molecule has 0 spiro atoms. The van der Waals surface area contributed by atoms with Crippen LogP contribution in [0.3, 0.4) is 0 Å². The van der Waals surface area contributed by atoms with E-state index in [0.717, 1.165) is 5.56 Å². The van der Waals surface area contributed by atoms with Crippen LogP contribution in [0.2, 0.25) is 0 Å². The predicted octanol–water partition coefficient (Wildman–Crippen LogP) is 4.47. The fourth-order valence-electron chi connectivity index (χ4n) is 2.33. The zero-order valence-electron chi connectivity index (χ0n) is 15.2. The number of amides is 1. The number of hydrogen-bond donors (Lipinski definition) is 1. The van der Waals surface area contributed by atoms with Gasteiger partial charge in [-0.2, -0.15) is 0 Å². The highest BCUT2D eigenvalue weighted by Crippen LogP contribution is 2.27. The Bertz CT molecular complexity index is 730. The van der Waals surface area contributed by atoms with Crippen LogP contribution >= 0.6 is 11.3 Å². The van der Waals surface area contributed by atoms with Crippen molar-refractivity contribution in [3.05, 3.63) is 51.7 Å². The first-order valence-corrected chi connectivity index (χ1v) is 9.29. The Labute approximate surface area is 153 Å². The summed E-state index contributed by atoms with van der Waals surface area (Å²) in [6.07, 6.45) is 0.820. The molecule has 25 heavy (non-hydrogen) atoms. The van der Waals surface area contributed by atoms with Crippen LogP contribution in [-0.2, 0) is 10.2 Å². The van der Waals surface area contributed by atoms with Crippen molar-refractivity contribution < 1.29 is 14.3 Å². The molecule has 1 aromatic carbocycles. The second-order valence-electron chi connectivity index (χ2n) is 7.04. The minimum atomic E-state index is -0.281. The molecule has 0 unspecified atom stereocenters. The molecule has 134 valence electrons. The summed E-state index contributed by atoms with van der Waals surface area (Å²) >= 11 is 1.40. The fourth-order valence-corrected chi connectivity index (χ4v) is 2.97. The molecule has 1 amide bonds. The molecule has 5 heteroatoms. The van der Waals surface area contributed by atoms with Gasteiger partial charge in [0.05, 0.1) is 4.88 Å². The number of nitrogens with one attached hydrogen (secondary N) is 1. The van der Waals surface area contributed by atoms with Crippen molar-refractivity contribution in [2.75, 3.05) is 6.54 Å². The van der Waals surface area contributed by atoms with Gasteiger partial charge in [0.15, 0.2) is 0 Å². The van der Waals surface area contributed by atoms with Crippen molar-refractivity contribution in [2.45, 2.75) is 46.0 Å². The van der Waals surface area contributed by atoms with E-state index in [1.165, 1.54) is 16.9 Å². The van der Waals surface area contributed by atoms with Gasteiger partial charge >= 0.3 is 5.97 Å². The van der Waals surface area contributed by atoms with E-state index in [0.29, 0.717) is 23.6 Å². The minimum Gasteiger partial charge on any atom is -0.426 e. The molecule has 0 saturated heterocycles. The van der Waals surface area contributed by atoms with Gasteiger partial charge in [-0.15, -0.1) is 11.3 Å². The second kappa shape index (κ2) is 8.30. The fraction of sp³-hybridized carbons (Fsp3) is 0.400. The maximum Gasteiger partial charge on any atom is 0.311 e. The number of aryl methyl sites for hydroxylation is 1. The molecule has 1 N–H and O–H groups in total. The molecule has 4 nitrogen and oxygen atoms in total. The highest BCUT2D eigenvalue weighted by atomic mass is 32.1. The Kier molecular flexibility index (Phi) is 6.37. The van der Waals surface area contributed by atoms with Gasteiger partial charge < -0.3 is 10.1 Å². The van der Waals surface area contributed by atoms with E-state index in [4.69, 9.17) is 4.74 Å². The number of esters is 1. The van der Waals surface area contributed by atoms with Crippen molar-refractivity contribution in [3.63, 3.8) is 0 Å². The van der Waals surface area contributed by atoms with E-state index in [2.05, 4.69) is 32.2 Å². The van der Waals surface area contributed by atoms with Crippen molar-refractivity contribution in [1.29, 1.82) is 0 Å². The van der Waals surface area contributed by atoms with Crippen LogP contribution in [0.1, 0.15) is 54.4 Å². The Hall–Kier alpha value is -2.14. The molecule has 0 atom stereocenters. The third-order valence-corrected chi connectivity index (χ3v) is 4.72. The minimum absolute atomic E-state index is 0.0636. The molecule has 0 saturated carbocycles. The predicted molar refractivity (Wildman–Crippen MR) is 101 cm³/mol. The van der Waals surface area contributed by atoms with E-state index in [1.54, 1.807) is 6.07 Å². The molecular formula is C20H25NO3S. The molecule has 0 bridgehead atoms. The SMILES string of the molecule is Cc1cc(C(C)(C)C)ccc1OC(=O)CCCNC(=O)c1cccs1. The third kappa shape index (κ3) is 5.71. The number of carbonyl (C=O) groups is 2. The smallest absolute Gasteiger partial charge is 0.311 e. The first kappa shape index (κ1) is 19.2. The number of benzene rings is 1. The summed E-state index contributed by atoms with van der Waals surface area (Å²) in [5, 5.41) is 4.66. The number of carbonyl (C=O) groups excluding carboxylic acids is 2. The normalized spacial score (nSPS) is 11.2. The van der Waals surface area contributed by atoms with Gasteiger partial charge in [-0.05, 0) is 47.4 Å². The van der Waals surface area contributed by atoms with Gasteiger partial charge in [0.25, 0.3) is 5.91 Å². The summed E-state index contributed by atoms with van der Waals surface area (Å²) < 4.78 is 5.44. The van der Waals surface area contributed by atoms with Crippen LogP contribution in [0, 0.1) is 6.92 Å². The second-order valence-corrected chi connectivity index (χ2v) is 7.99. The number of thiophene rings is 1. The van der Waals surface area contributed by atoms with Crippen LogP contribution in [0.4, 0.5) is 0 Å². The van der Waals surface area contributed by atoms with Crippen molar-refractivity contribution >= 4 is 23.2 Å². The van der Waals surface area contributed by atoms with Crippen LogP contribution in [0.5, 0.6) is 5.75 Å². The molecular weight excluding hydrogens is 334 g/mol. The Balaban J connectivity index is 1.78. The summed E-state index contributed by atoms with van der Waals surface area (Å²) in [6, 6.07) is 9.52. The van der Waals surface area contributed by atoms with E-state index in [9.17, 15) is 9.59 Å². The maximum absolute atomic E-state index is 12.0. The highest BCUT2D eigenvalue weighted by Gasteiger charge is 2.16. The Morgan fingerprint density at radius 1 is 1.20 bits per heavy atom. The standard InChI is InChI=1S/C20H25NO3S/c1-14-13-15(20(2,3)4)9-10-16(14)24-18(22)8-5-11-21-19(23)17-7-6-12-25-17/h6-7,9-10,12-13H,5,8,11H2,1-4H3,(H,21,23). The van der Waals surface area contributed by atoms with Gasteiger partial charge in [0, 0.05) is 13.0 Å². The lowest BCUT2D eigenvalue weighted by atomic mass is 9.86. The topological polar surface area (TPSA) is 55.4 Å². The molecule has 1 aromatic heterocycles. The number of rotatable bonds is 6. The van der Waals surface area contributed by atoms with Crippen molar-refractivity contribution in [2.24, 2.45) is 0 Å². The first-order chi connectivity index (χ1) is 11.8. The zero-order chi connectivity index (χ0) is 18.4. The molecule has 1 heterocycles. The van der Waals surface area contributed by atoms with Crippen LogP contribution < -0.4 is 10.1 Å². The number of hydrogen-bond acceptors (Lipinski definition) is 4. The zero-order valence-corrected chi connectivity index (χ0v) is 16.0. The highest BCUT2D eigenvalue weighted by molar-refractivity contribution is 7.12. The Morgan fingerprint density at radius 3 is 2.56 bits per heavy atom. The summed E-state index contributed by atoms with van der Waals surface area (Å²) in [5.74, 6) is 0.217. The summed E-state index contributed by atoms with van der Waals surface area (Å²) in [6.45, 7) is 8.85. The van der Waals surface area contributed by atoms with Crippen molar-refractivity contribution in [3.8, 4) is 5.75 Å². The Morgan fingerprint density at radius 2 is 1.96 bits per heavy atom. The molecule has 0 radical (unpaired) electrons. The summed E-state index contributed by atoms with van der Waals surface area (Å²) in [4.78, 5) is 24.4. The maximum atomic E-state index is 12.0. The third-order valence-electron chi connectivity index (χ3n) is 3.85. The molecule has 0 aliphatic heterocycles. The number of ether oxygens (including phenoxy) is 1. The van der Waals surface area contributed by atoms with Gasteiger partial charge in [-0.1, -0.05) is 39.0 Å². The van der Waals surface area contributed by atoms with E-state index >= 15 is 0 Å². The lowest BCUT2D eigenvalue weighted by Crippen LogP contribution is -2.24. The quantitative estimate of drug-likeness (QED) is 0.470. The molecule has 0 aliphatic carbocycles. The molecule has 0 fully saturated rings. The van der Waals surface area contributed by atoms with Gasteiger partial charge in [0.2, 0.25) is 0 Å². The van der Waals surface area contributed by atoms with Gasteiger partial charge in [0.1, 0.15) is 5.75 Å². The molecule has 0 aliphatic rings. The monoisotopic (exact) mass is 359 g/mol. The first-order valence-electron chi connectivity index (χ1n) is 8.41.